The van der Waals surface area contributed by atoms with E-state index in [9.17, 15) is 33.1 Å². The van der Waals surface area contributed by atoms with Crippen LogP contribution in [0.15, 0.2) is 84.9 Å². The number of hydrogen-bond acceptors (Lipinski definition) is 11. The minimum Gasteiger partial charge on any atom is -0.495 e. The second-order valence-electron chi connectivity index (χ2n) is 15.4. The number of aliphatic hydroxyl groups is 1. The fourth-order valence-electron chi connectivity index (χ4n) is 7.42. The maximum Gasteiger partial charge on any atom is 0.316 e. The van der Waals surface area contributed by atoms with E-state index >= 15 is 0 Å². The molecule has 2 atom stereocenters. The van der Waals surface area contributed by atoms with Crippen LogP contribution in [0.25, 0.3) is 12.2 Å². The number of nitrogens with zero attached hydrogens (tertiary/aromatic N) is 4. The fraction of sp³-hybridized carbons (Fsp3) is 0.319. The molecule has 0 aliphatic carbocycles. The number of hydrogen-bond donors (Lipinski definition) is 4. The minimum absolute atomic E-state index is 0.0890. The van der Waals surface area contributed by atoms with Gasteiger partial charge < -0.3 is 45.9 Å². The molecular formula is C47H53Cl2F2N7O8. The summed E-state index contributed by atoms with van der Waals surface area (Å²) in [6.45, 7) is 5.55. The summed E-state index contributed by atoms with van der Waals surface area (Å²) in [7, 11) is 2.96. The predicted molar refractivity (Wildman–Crippen MR) is 250 cm³/mol. The first-order valence-corrected chi connectivity index (χ1v) is 21.5. The number of piperazine rings is 2. The van der Waals surface area contributed by atoms with Crippen molar-refractivity contribution in [2.24, 2.45) is 5.73 Å². The van der Waals surface area contributed by atoms with Crippen molar-refractivity contribution in [3.05, 3.63) is 129 Å². The van der Waals surface area contributed by atoms with Crippen molar-refractivity contribution >= 4 is 70.5 Å². The van der Waals surface area contributed by atoms with E-state index in [0.29, 0.717) is 91.4 Å². The van der Waals surface area contributed by atoms with Crippen LogP contribution in [-0.2, 0) is 32.2 Å². The summed E-state index contributed by atoms with van der Waals surface area (Å²) in [5.74, 6) is -0.651. The van der Waals surface area contributed by atoms with Gasteiger partial charge in [0.25, 0.3) is 0 Å². The largest absolute Gasteiger partial charge is 0.495 e. The van der Waals surface area contributed by atoms with Crippen LogP contribution in [0.1, 0.15) is 29.2 Å². The Kier molecular flexibility index (Phi) is 18.7. The average molecular weight is 953 g/mol. The van der Waals surface area contributed by atoms with Crippen molar-refractivity contribution in [3.63, 3.8) is 0 Å². The molecule has 4 aromatic carbocycles. The number of urea groups is 1. The molecule has 4 amide bonds. The first kappa shape index (κ1) is 50.8. The molecule has 2 aliphatic heterocycles. The number of nitrogens with one attached hydrogen (secondary N) is 1. The average Bonchev–Trinajstić information content (AvgIpc) is 3.29. The molecule has 19 heteroatoms. The summed E-state index contributed by atoms with van der Waals surface area (Å²) in [6.07, 6.45) is 5.96. The first-order valence-electron chi connectivity index (χ1n) is 20.8. The number of esters is 1. The van der Waals surface area contributed by atoms with E-state index < -0.39 is 12.0 Å². The number of nitrogens with two attached hydrogens (primary N) is 2. The van der Waals surface area contributed by atoms with Crippen LogP contribution < -0.4 is 26.3 Å². The van der Waals surface area contributed by atoms with Gasteiger partial charge in [0.05, 0.1) is 48.6 Å². The van der Waals surface area contributed by atoms with Crippen molar-refractivity contribution in [1.29, 1.82) is 0 Å². The summed E-state index contributed by atoms with van der Waals surface area (Å²) in [5.41, 5.74) is 15.0. The molecule has 2 aliphatic rings. The number of nitrogen functional groups attached to an aromatic ring is 1. The first-order chi connectivity index (χ1) is 31.6. The van der Waals surface area contributed by atoms with Gasteiger partial charge in [-0.25, -0.2) is 13.6 Å². The number of amides is 4. The molecule has 0 unspecified atom stereocenters. The number of benzene rings is 4. The molecule has 2 heterocycles. The Morgan fingerprint density at radius 2 is 1.21 bits per heavy atom. The molecule has 0 spiro atoms. The van der Waals surface area contributed by atoms with E-state index in [1.807, 2.05) is 0 Å². The number of halogens is 4. The normalized spacial score (nSPS) is 16.7. The highest BCUT2D eigenvalue weighted by atomic mass is 35.5. The molecular weight excluding hydrogens is 899 g/mol. The molecule has 15 nitrogen and oxygen atoms in total. The molecule has 2 fully saturated rings. The summed E-state index contributed by atoms with van der Waals surface area (Å²) in [4.78, 5) is 56.1. The number of rotatable bonds is 14. The summed E-state index contributed by atoms with van der Waals surface area (Å²) in [6, 6.07) is 17.4. The van der Waals surface area contributed by atoms with Gasteiger partial charge in [-0.05, 0) is 71.8 Å². The number of primary amides is 1. The smallest absolute Gasteiger partial charge is 0.316 e. The molecule has 6 rings (SSSR count). The maximum atomic E-state index is 13.2. The molecule has 0 bridgehead atoms. The van der Waals surface area contributed by atoms with E-state index in [1.165, 1.54) is 69.7 Å². The monoisotopic (exact) mass is 951 g/mol. The van der Waals surface area contributed by atoms with Crippen LogP contribution in [0.5, 0.6) is 11.5 Å². The lowest BCUT2D eigenvalue weighted by atomic mass is 10.1. The molecule has 0 radical (unpaired) electrons. The Hall–Kier alpha value is -6.24. The Balaban J connectivity index is 0.000000247. The lowest BCUT2D eigenvalue weighted by molar-refractivity contribution is -0.147. The van der Waals surface area contributed by atoms with Crippen LogP contribution in [0.4, 0.5) is 25.0 Å². The standard InChI is InChI=1S/C24H27ClFN3O4.C23H26ClFN4O4/c1-16(30)33-15-20-14-28(13-17-3-6-19(26)7-4-17)9-10-29(20)24(31)8-5-18-11-23(32-2)21(25)12-22(18)27;1-33-21-10-16(20(11-19(21)24)27-23(26)32)4-7-22(31)29-9-8-28(13-18(29)14-30)12-15-2-5-17(25)6-3-15/h3-8,11-12,20H,9-10,13-15,27H2,1-2H3;2-7,10-11,18,30H,8-9,12-14H2,1H3,(H3,26,27,32)/b8-5+;7-4+/t20-;18-/m00/s1. The predicted octanol–water partition coefficient (Wildman–Crippen LogP) is 6.06. The Morgan fingerprint density at radius 1 is 0.742 bits per heavy atom. The van der Waals surface area contributed by atoms with Gasteiger partial charge in [-0.2, -0.15) is 0 Å². The zero-order valence-corrected chi connectivity index (χ0v) is 38.2. The fourth-order valence-corrected chi connectivity index (χ4v) is 7.91. The zero-order valence-electron chi connectivity index (χ0n) is 36.7. The van der Waals surface area contributed by atoms with Crippen LogP contribution >= 0.6 is 23.2 Å². The summed E-state index contributed by atoms with van der Waals surface area (Å²) in [5, 5.41) is 13.0. The van der Waals surface area contributed by atoms with Crippen molar-refractivity contribution in [1.82, 2.24) is 19.6 Å². The highest BCUT2D eigenvalue weighted by molar-refractivity contribution is 6.32. The van der Waals surface area contributed by atoms with E-state index in [2.05, 4.69) is 15.1 Å². The molecule has 4 aromatic rings. The van der Waals surface area contributed by atoms with Gasteiger partial charge >= 0.3 is 12.0 Å². The van der Waals surface area contributed by atoms with Crippen molar-refractivity contribution < 1.29 is 47.3 Å². The third-order valence-electron chi connectivity index (χ3n) is 10.8. The van der Waals surface area contributed by atoms with E-state index in [0.717, 1.165) is 11.1 Å². The lowest BCUT2D eigenvalue weighted by Crippen LogP contribution is -2.56. The third-order valence-corrected chi connectivity index (χ3v) is 11.4. The van der Waals surface area contributed by atoms with Gasteiger partial charge in [-0.15, -0.1) is 0 Å². The van der Waals surface area contributed by atoms with Gasteiger partial charge in [0.1, 0.15) is 29.7 Å². The van der Waals surface area contributed by atoms with Gasteiger partial charge in [0.15, 0.2) is 0 Å². The molecule has 66 heavy (non-hydrogen) atoms. The van der Waals surface area contributed by atoms with Gasteiger partial charge in [0.2, 0.25) is 11.8 Å². The van der Waals surface area contributed by atoms with Crippen molar-refractivity contribution in [3.8, 4) is 11.5 Å². The van der Waals surface area contributed by atoms with Crippen molar-refractivity contribution in [2.75, 3.05) is 77.8 Å². The van der Waals surface area contributed by atoms with Gasteiger partial charge in [-0.1, -0.05) is 47.5 Å². The van der Waals surface area contributed by atoms with Crippen molar-refractivity contribution in [2.45, 2.75) is 32.1 Å². The number of carbonyl (C=O) groups is 4. The highest BCUT2D eigenvalue weighted by Gasteiger charge is 2.31. The molecule has 0 saturated carbocycles. The Morgan fingerprint density at radius 3 is 1.70 bits per heavy atom. The number of aliphatic hydroxyl groups excluding tert-OH is 1. The molecule has 0 aromatic heterocycles. The molecule has 6 N–H and O–H groups in total. The summed E-state index contributed by atoms with van der Waals surface area (Å²) >= 11 is 12.2. The SMILES string of the molecule is COc1cc(/C=C/C(=O)N2CCN(Cc3ccc(F)cc3)C[C@H]2CO)c(NC(N)=O)cc1Cl.COc1cc(/C=C/C(=O)N2CCN(Cc3ccc(F)cc3)C[C@H]2COC(C)=O)c(N)cc1Cl. The zero-order chi connectivity index (χ0) is 47.9. The van der Waals surface area contributed by atoms with Crippen LogP contribution in [0.3, 0.4) is 0 Å². The number of ether oxygens (including phenoxy) is 3. The van der Waals surface area contributed by atoms with Crippen LogP contribution in [-0.4, -0.2) is 127 Å². The topological polar surface area (TPSA) is 193 Å². The second kappa shape index (κ2) is 24.3. The molecule has 2 saturated heterocycles. The minimum atomic E-state index is -0.769. The number of anilines is 2. The van der Waals surface area contributed by atoms with Gasteiger partial charge in [-0.3, -0.25) is 24.2 Å². The quantitative estimate of drug-likeness (QED) is 0.0653. The van der Waals surface area contributed by atoms with E-state index in [1.54, 1.807) is 58.3 Å². The molecule has 352 valence electrons. The summed E-state index contributed by atoms with van der Waals surface area (Å²) < 4.78 is 42.0. The number of carbonyl (C=O) groups excluding carboxylic acids is 4. The van der Waals surface area contributed by atoms with Crippen LogP contribution in [0, 0.1) is 11.6 Å². The van der Waals surface area contributed by atoms with E-state index in [4.69, 9.17) is 48.9 Å². The highest BCUT2D eigenvalue weighted by Crippen LogP contribution is 2.33. The lowest BCUT2D eigenvalue weighted by Gasteiger charge is -2.40. The van der Waals surface area contributed by atoms with E-state index in [-0.39, 0.29) is 53.8 Å². The third kappa shape index (κ3) is 14.6. The van der Waals surface area contributed by atoms with Crippen LogP contribution in [0.2, 0.25) is 10.0 Å². The van der Waals surface area contributed by atoms with Gasteiger partial charge in [0, 0.05) is 88.2 Å². The Labute approximate surface area is 392 Å². The second-order valence-corrected chi connectivity index (χ2v) is 16.2. The Bertz CT molecular complexity index is 2390. The number of methoxy groups -OCH3 is 2. The maximum absolute atomic E-state index is 13.2.